The van der Waals surface area contributed by atoms with Crippen molar-refractivity contribution in [2.24, 2.45) is 0 Å². The average Bonchev–Trinajstić information content (AvgIpc) is 2.63. The maximum atomic E-state index is 13.4. The van der Waals surface area contributed by atoms with Gasteiger partial charge in [-0.3, -0.25) is 9.59 Å². The number of anilines is 1. The zero-order chi connectivity index (χ0) is 19.4. The molecular formula is C20H16ClFN2O3. The number of hydrogen-bond acceptors (Lipinski definition) is 3. The van der Waals surface area contributed by atoms with E-state index in [4.69, 9.17) is 16.3 Å². The molecule has 138 valence electrons. The Morgan fingerprint density at radius 3 is 2.74 bits per heavy atom. The molecule has 1 aromatic heterocycles. The van der Waals surface area contributed by atoms with Gasteiger partial charge in [0.1, 0.15) is 17.1 Å². The second-order valence-electron chi connectivity index (χ2n) is 5.78. The molecule has 1 amide bonds. The Morgan fingerprint density at radius 1 is 1.19 bits per heavy atom. The number of nitrogens with zero attached hydrogens (tertiary/aromatic N) is 1. The van der Waals surface area contributed by atoms with Crippen LogP contribution in [0.25, 0.3) is 0 Å². The van der Waals surface area contributed by atoms with Gasteiger partial charge in [0, 0.05) is 11.2 Å². The van der Waals surface area contributed by atoms with Crippen LogP contribution in [0.15, 0.2) is 65.6 Å². The van der Waals surface area contributed by atoms with Crippen molar-refractivity contribution in [1.29, 1.82) is 0 Å². The van der Waals surface area contributed by atoms with Crippen LogP contribution >= 0.6 is 11.6 Å². The molecule has 0 aliphatic carbocycles. The summed E-state index contributed by atoms with van der Waals surface area (Å²) in [6.07, 6.45) is 1.55. The summed E-state index contributed by atoms with van der Waals surface area (Å²) in [6.45, 7) is 0.151. The van der Waals surface area contributed by atoms with E-state index in [1.165, 1.54) is 35.9 Å². The minimum absolute atomic E-state index is 0.0454. The largest absolute Gasteiger partial charge is 0.495 e. The Hall–Kier alpha value is -3.12. The van der Waals surface area contributed by atoms with Gasteiger partial charge in [0.15, 0.2) is 0 Å². The minimum Gasteiger partial charge on any atom is -0.495 e. The molecular weight excluding hydrogens is 371 g/mol. The highest BCUT2D eigenvalue weighted by Gasteiger charge is 2.15. The fourth-order valence-electron chi connectivity index (χ4n) is 2.63. The molecule has 0 saturated carbocycles. The normalized spacial score (nSPS) is 10.5. The summed E-state index contributed by atoms with van der Waals surface area (Å²) < 4.78 is 19.9. The van der Waals surface area contributed by atoms with Crippen molar-refractivity contribution < 1.29 is 13.9 Å². The van der Waals surface area contributed by atoms with E-state index in [2.05, 4.69) is 5.32 Å². The zero-order valence-corrected chi connectivity index (χ0v) is 15.2. The molecule has 0 radical (unpaired) electrons. The van der Waals surface area contributed by atoms with Gasteiger partial charge in [-0.15, -0.1) is 0 Å². The Balaban J connectivity index is 1.88. The Morgan fingerprint density at radius 2 is 2.00 bits per heavy atom. The van der Waals surface area contributed by atoms with Crippen molar-refractivity contribution in [3.05, 3.63) is 93.1 Å². The first-order chi connectivity index (χ1) is 13.0. The summed E-state index contributed by atoms with van der Waals surface area (Å²) >= 11 is 5.96. The fourth-order valence-corrected chi connectivity index (χ4v) is 2.81. The second-order valence-corrected chi connectivity index (χ2v) is 6.22. The summed E-state index contributed by atoms with van der Waals surface area (Å²) in [5.41, 5.74) is 0.442. The van der Waals surface area contributed by atoms with Gasteiger partial charge in [-0.05, 0) is 48.0 Å². The number of rotatable bonds is 5. The number of hydrogen-bond donors (Lipinski definition) is 1. The van der Waals surface area contributed by atoms with Crippen LogP contribution in [0.2, 0.25) is 5.02 Å². The zero-order valence-electron chi connectivity index (χ0n) is 14.4. The third-order valence-electron chi connectivity index (χ3n) is 3.92. The van der Waals surface area contributed by atoms with Gasteiger partial charge in [-0.1, -0.05) is 23.7 Å². The number of methoxy groups -OCH3 is 1. The summed E-state index contributed by atoms with van der Waals surface area (Å²) in [4.78, 5) is 25.3. The van der Waals surface area contributed by atoms with E-state index in [1.54, 1.807) is 36.5 Å². The van der Waals surface area contributed by atoms with E-state index in [-0.39, 0.29) is 17.9 Å². The van der Waals surface area contributed by atoms with Crippen LogP contribution in [-0.2, 0) is 6.54 Å². The molecule has 7 heteroatoms. The van der Waals surface area contributed by atoms with Crippen molar-refractivity contribution in [3.8, 4) is 5.75 Å². The van der Waals surface area contributed by atoms with E-state index in [1.807, 2.05) is 0 Å². The van der Waals surface area contributed by atoms with Crippen LogP contribution in [0, 0.1) is 5.82 Å². The molecule has 27 heavy (non-hydrogen) atoms. The fraction of sp³-hybridized carbons (Fsp3) is 0.100. The van der Waals surface area contributed by atoms with Gasteiger partial charge in [0.2, 0.25) is 0 Å². The molecule has 0 spiro atoms. The van der Waals surface area contributed by atoms with Crippen LogP contribution < -0.4 is 15.6 Å². The van der Waals surface area contributed by atoms with Gasteiger partial charge in [-0.25, -0.2) is 4.39 Å². The van der Waals surface area contributed by atoms with E-state index in [9.17, 15) is 14.0 Å². The number of carbonyl (C=O) groups excluding carboxylic acids is 1. The highest BCUT2D eigenvalue weighted by molar-refractivity contribution is 6.31. The number of halogens is 2. The molecule has 0 aliphatic rings. The number of pyridine rings is 1. The van der Waals surface area contributed by atoms with Gasteiger partial charge < -0.3 is 14.6 Å². The summed E-state index contributed by atoms with van der Waals surface area (Å²) in [5, 5.41) is 3.06. The molecule has 2 aromatic carbocycles. The van der Waals surface area contributed by atoms with Crippen LogP contribution in [0.3, 0.4) is 0 Å². The molecule has 0 bridgehead atoms. The third-order valence-corrected chi connectivity index (χ3v) is 4.15. The van der Waals surface area contributed by atoms with Gasteiger partial charge in [-0.2, -0.15) is 0 Å². The summed E-state index contributed by atoms with van der Waals surface area (Å²) in [5.74, 6) is -0.555. The van der Waals surface area contributed by atoms with Crippen LogP contribution in [-0.4, -0.2) is 17.6 Å². The number of aromatic nitrogens is 1. The maximum absolute atomic E-state index is 13.4. The first-order valence-electron chi connectivity index (χ1n) is 8.06. The van der Waals surface area contributed by atoms with Crippen LogP contribution in [0.5, 0.6) is 5.75 Å². The monoisotopic (exact) mass is 386 g/mol. The molecule has 3 rings (SSSR count). The lowest BCUT2D eigenvalue weighted by Crippen LogP contribution is -2.29. The number of nitrogens with one attached hydrogen (secondary N) is 1. The molecule has 0 unspecified atom stereocenters. The summed E-state index contributed by atoms with van der Waals surface area (Å²) in [6, 6.07) is 13.7. The molecule has 0 fully saturated rings. The first-order valence-corrected chi connectivity index (χ1v) is 8.44. The number of ether oxygens (including phenoxy) is 1. The molecule has 5 nitrogen and oxygen atoms in total. The number of amides is 1. The van der Waals surface area contributed by atoms with E-state index in [0.29, 0.717) is 22.0 Å². The predicted octanol–water partition coefficient (Wildman–Crippen LogP) is 3.95. The van der Waals surface area contributed by atoms with Crippen molar-refractivity contribution in [2.45, 2.75) is 6.54 Å². The third kappa shape index (κ3) is 4.35. The quantitative estimate of drug-likeness (QED) is 0.722. The standard InChI is InChI=1S/C20H16ClFN2O3/c1-27-18-8-7-14(21)11-17(18)23-19(25)16-6-3-9-24(20(16)26)12-13-4-2-5-15(22)10-13/h2-11H,12H2,1H3,(H,23,25). The van der Waals surface area contributed by atoms with Gasteiger partial charge in [0.05, 0.1) is 19.3 Å². The number of benzene rings is 2. The van der Waals surface area contributed by atoms with Crippen molar-refractivity contribution >= 4 is 23.2 Å². The van der Waals surface area contributed by atoms with Crippen LogP contribution in [0.4, 0.5) is 10.1 Å². The lowest BCUT2D eigenvalue weighted by molar-refractivity contribution is 0.102. The number of carbonyl (C=O) groups is 1. The van der Waals surface area contributed by atoms with Crippen molar-refractivity contribution in [3.63, 3.8) is 0 Å². The Labute approximate surface area is 160 Å². The van der Waals surface area contributed by atoms with Crippen LogP contribution in [0.1, 0.15) is 15.9 Å². The molecule has 3 aromatic rings. The first kappa shape index (κ1) is 18.7. The van der Waals surface area contributed by atoms with E-state index < -0.39 is 11.5 Å². The van der Waals surface area contributed by atoms with E-state index in [0.717, 1.165) is 0 Å². The van der Waals surface area contributed by atoms with Gasteiger partial charge in [0.25, 0.3) is 11.5 Å². The highest BCUT2D eigenvalue weighted by atomic mass is 35.5. The Kier molecular flexibility index (Phi) is 5.57. The predicted molar refractivity (Wildman–Crippen MR) is 102 cm³/mol. The lowest BCUT2D eigenvalue weighted by Gasteiger charge is -2.12. The topological polar surface area (TPSA) is 60.3 Å². The molecule has 1 heterocycles. The van der Waals surface area contributed by atoms with E-state index >= 15 is 0 Å². The molecule has 0 atom stereocenters. The molecule has 0 aliphatic heterocycles. The summed E-state index contributed by atoms with van der Waals surface area (Å²) in [7, 11) is 1.47. The smallest absolute Gasteiger partial charge is 0.263 e. The Bertz CT molecular complexity index is 1050. The average molecular weight is 387 g/mol. The van der Waals surface area contributed by atoms with Gasteiger partial charge >= 0.3 is 0 Å². The second kappa shape index (κ2) is 8.05. The SMILES string of the molecule is COc1ccc(Cl)cc1NC(=O)c1cccn(Cc2cccc(F)c2)c1=O. The molecule has 1 N–H and O–H groups in total. The lowest BCUT2D eigenvalue weighted by atomic mass is 10.2. The highest BCUT2D eigenvalue weighted by Crippen LogP contribution is 2.27. The molecule has 0 saturated heterocycles. The van der Waals surface area contributed by atoms with Crippen molar-refractivity contribution in [1.82, 2.24) is 4.57 Å². The maximum Gasteiger partial charge on any atom is 0.263 e. The van der Waals surface area contributed by atoms with Crippen molar-refractivity contribution in [2.75, 3.05) is 12.4 Å². The minimum atomic E-state index is -0.589.